The van der Waals surface area contributed by atoms with E-state index < -0.39 is 0 Å². The van der Waals surface area contributed by atoms with Crippen LogP contribution in [0.1, 0.15) is 32.6 Å². The smallest absolute Gasteiger partial charge is 0.249 e. The van der Waals surface area contributed by atoms with Crippen molar-refractivity contribution in [2.24, 2.45) is 0 Å². The molecular weight excluding hydrogens is 452 g/mol. The lowest BCUT2D eigenvalue weighted by atomic mass is 9.98. The quantitative estimate of drug-likeness (QED) is 0.587. The van der Waals surface area contributed by atoms with Crippen molar-refractivity contribution in [1.82, 2.24) is 20.2 Å². The Bertz CT molecular complexity index is 1050. The maximum absolute atomic E-state index is 12.9. The summed E-state index contributed by atoms with van der Waals surface area (Å²) in [5, 5.41) is 6.71. The fourth-order valence-electron chi connectivity index (χ4n) is 4.22. The molecule has 1 fully saturated rings. The van der Waals surface area contributed by atoms with Crippen molar-refractivity contribution < 1.29 is 9.59 Å². The highest BCUT2D eigenvalue weighted by Gasteiger charge is 2.25. The molecular formula is C25H31ClN6O2. The van der Waals surface area contributed by atoms with Gasteiger partial charge in [-0.05, 0) is 49.9 Å². The highest BCUT2D eigenvalue weighted by atomic mass is 35.5. The fraction of sp³-hybridized carbons (Fsp3) is 0.440. The molecule has 1 aromatic heterocycles. The van der Waals surface area contributed by atoms with Crippen LogP contribution in [0.4, 0.5) is 11.6 Å². The molecule has 1 aliphatic carbocycles. The van der Waals surface area contributed by atoms with Gasteiger partial charge in [0, 0.05) is 68.4 Å². The van der Waals surface area contributed by atoms with Gasteiger partial charge in [-0.15, -0.1) is 0 Å². The van der Waals surface area contributed by atoms with E-state index in [0.29, 0.717) is 55.9 Å². The van der Waals surface area contributed by atoms with Gasteiger partial charge < -0.3 is 20.4 Å². The maximum Gasteiger partial charge on any atom is 0.249 e. The average Bonchev–Trinajstić information content (AvgIpc) is 2.87. The molecule has 2 aliphatic rings. The number of carbonyl (C=O) groups excluding carboxylic acids is 2. The van der Waals surface area contributed by atoms with Crippen LogP contribution in [0.25, 0.3) is 11.4 Å². The molecule has 1 aliphatic heterocycles. The van der Waals surface area contributed by atoms with Crippen LogP contribution in [-0.4, -0.2) is 66.0 Å². The molecule has 180 valence electrons. The number of allylic oxidation sites excluding steroid dienone is 1. The molecule has 2 amide bonds. The minimum atomic E-state index is -0.0663. The number of hydrogen-bond donors (Lipinski definition) is 2. The van der Waals surface area contributed by atoms with E-state index in [9.17, 15) is 9.59 Å². The third kappa shape index (κ3) is 6.26. The number of amides is 2. The molecule has 0 atom stereocenters. The first-order valence-electron chi connectivity index (χ1n) is 11.9. The second kappa shape index (κ2) is 11.3. The lowest BCUT2D eigenvalue weighted by Crippen LogP contribution is -2.49. The number of anilines is 2. The molecule has 2 heterocycles. The molecule has 0 spiro atoms. The van der Waals surface area contributed by atoms with E-state index in [-0.39, 0.29) is 11.8 Å². The number of aromatic nitrogens is 2. The number of hydrogen-bond acceptors (Lipinski definition) is 6. The number of halogens is 1. The summed E-state index contributed by atoms with van der Waals surface area (Å²) in [6, 6.07) is 9.37. The summed E-state index contributed by atoms with van der Waals surface area (Å²) in [7, 11) is 0. The van der Waals surface area contributed by atoms with Crippen LogP contribution in [0.15, 0.2) is 42.0 Å². The van der Waals surface area contributed by atoms with Crippen LogP contribution in [-0.2, 0) is 9.59 Å². The van der Waals surface area contributed by atoms with Crippen LogP contribution in [0.3, 0.4) is 0 Å². The summed E-state index contributed by atoms with van der Waals surface area (Å²) in [5.41, 5.74) is 1.84. The molecule has 2 N–H and O–H groups in total. The predicted octanol–water partition coefficient (Wildman–Crippen LogP) is 3.49. The molecule has 9 heteroatoms. The minimum Gasteiger partial charge on any atom is -0.368 e. The Morgan fingerprint density at radius 3 is 2.47 bits per heavy atom. The molecule has 0 unspecified atom stereocenters. The number of rotatable bonds is 7. The van der Waals surface area contributed by atoms with Gasteiger partial charge in [-0.25, -0.2) is 9.97 Å². The number of benzene rings is 1. The molecule has 34 heavy (non-hydrogen) atoms. The Balaban J connectivity index is 1.48. The van der Waals surface area contributed by atoms with Gasteiger partial charge in [-0.2, -0.15) is 0 Å². The third-order valence-corrected chi connectivity index (χ3v) is 6.33. The van der Waals surface area contributed by atoms with Crippen LogP contribution < -0.4 is 15.5 Å². The van der Waals surface area contributed by atoms with Gasteiger partial charge in [-0.3, -0.25) is 9.59 Å². The monoisotopic (exact) mass is 482 g/mol. The molecule has 1 saturated heterocycles. The molecule has 4 rings (SSSR count). The first-order chi connectivity index (χ1) is 16.5. The summed E-state index contributed by atoms with van der Waals surface area (Å²) in [4.78, 5) is 37.7. The Labute approximate surface area is 205 Å². The first-order valence-corrected chi connectivity index (χ1v) is 12.2. The fourth-order valence-corrected chi connectivity index (χ4v) is 4.34. The van der Waals surface area contributed by atoms with E-state index >= 15 is 0 Å². The van der Waals surface area contributed by atoms with Crippen molar-refractivity contribution in [2.45, 2.75) is 32.6 Å². The van der Waals surface area contributed by atoms with Crippen LogP contribution in [0, 0.1) is 0 Å². The summed E-state index contributed by atoms with van der Waals surface area (Å²) in [5.74, 6) is 2.21. The highest BCUT2D eigenvalue weighted by Crippen LogP contribution is 2.25. The van der Waals surface area contributed by atoms with E-state index in [2.05, 4.69) is 26.6 Å². The zero-order valence-corrected chi connectivity index (χ0v) is 20.3. The van der Waals surface area contributed by atoms with Gasteiger partial charge in [0.15, 0.2) is 5.82 Å². The molecule has 2 aromatic rings. The summed E-state index contributed by atoms with van der Waals surface area (Å²) >= 11 is 6.06. The van der Waals surface area contributed by atoms with Gasteiger partial charge in [0.05, 0.1) is 0 Å². The third-order valence-electron chi connectivity index (χ3n) is 6.08. The van der Waals surface area contributed by atoms with Crippen molar-refractivity contribution in [3.8, 4) is 11.4 Å². The van der Waals surface area contributed by atoms with Gasteiger partial charge in [0.1, 0.15) is 11.6 Å². The van der Waals surface area contributed by atoms with E-state index in [0.717, 1.165) is 36.2 Å². The largest absolute Gasteiger partial charge is 0.368 e. The minimum absolute atomic E-state index is 0.0663. The van der Waals surface area contributed by atoms with E-state index in [1.165, 1.54) is 13.3 Å². The summed E-state index contributed by atoms with van der Waals surface area (Å²) < 4.78 is 0. The second-order valence-corrected chi connectivity index (χ2v) is 9.04. The zero-order chi connectivity index (χ0) is 23.9. The number of nitrogens with zero attached hydrogens (tertiary/aromatic N) is 4. The zero-order valence-electron chi connectivity index (χ0n) is 19.5. The lowest BCUT2D eigenvalue weighted by Gasteiger charge is -2.36. The van der Waals surface area contributed by atoms with Crippen molar-refractivity contribution in [3.63, 3.8) is 0 Å². The van der Waals surface area contributed by atoms with Crippen molar-refractivity contribution >= 4 is 35.1 Å². The van der Waals surface area contributed by atoms with Gasteiger partial charge in [-0.1, -0.05) is 17.7 Å². The Morgan fingerprint density at radius 1 is 1.03 bits per heavy atom. The molecule has 0 radical (unpaired) electrons. The average molecular weight is 483 g/mol. The molecule has 0 bridgehead atoms. The van der Waals surface area contributed by atoms with Gasteiger partial charge in [0.2, 0.25) is 11.8 Å². The van der Waals surface area contributed by atoms with Crippen molar-refractivity contribution in [2.75, 3.05) is 49.5 Å². The van der Waals surface area contributed by atoms with Crippen LogP contribution >= 0.6 is 11.6 Å². The van der Waals surface area contributed by atoms with E-state index in [1.54, 1.807) is 0 Å². The standard InChI is InChI=1S/C25H31ClN6O2/c1-18(33)27-11-12-28-22-17-23(30-24(29-22)19-7-9-21(26)10-8-19)31-13-15-32(16-14-31)25(34)20-5-3-2-4-6-20/h5,7-10,17H,2-4,6,11-16H2,1H3,(H,27,33)(H,28,29,30). The first kappa shape index (κ1) is 24.0. The summed E-state index contributed by atoms with van der Waals surface area (Å²) in [6.45, 7) is 5.30. The normalized spacial score (nSPS) is 16.1. The number of carbonyl (C=O) groups is 2. The second-order valence-electron chi connectivity index (χ2n) is 8.61. The molecule has 8 nitrogen and oxygen atoms in total. The SMILES string of the molecule is CC(=O)NCCNc1cc(N2CCN(C(=O)C3=CCCCC3)CC2)nc(-c2ccc(Cl)cc2)n1. The van der Waals surface area contributed by atoms with Crippen molar-refractivity contribution in [3.05, 3.63) is 47.0 Å². The Morgan fingerprint density at radius 2 is 1.79 bits per heavy atom. The molecule has 0 saturated carbocycles. The highest BCUT2D eigenvalue weighted by molar-refractivity contribution is 6.30. The number of piperazine rings is 1. The van der Waals surface area contributed by atoms with Gasteiger partial charge in [0.25, 0.3) is 0 Å². The van der Waals surface area contributed by atoms with E-state index in [4.69, 9.17) is 16.6 Å². The topological polar surface area (TPSA) is 90.5 Å². The van der Waals surface area contributed by atoms with E-state index in [1.807, 2.05) is 35.2 Å². The Kier molecular flexibility index (Phi) is 8.00. The Hall–Kier alpha value is -3.13. The molecule has 1 aromatic carbocycles. The predicted molar refractivity (Wildman–Crippen MR) is 135 cm³/mol. The number of nitrogens with one attached hydrogen (secondary N) is 2. The van der Waals surface area contributed by atoms with Crippen LogP contribution in [0.5, 0.6) is 0 Å². The van der Waals surface area contributed by atoms with Crippen molar-refractivity contribution in [1.29, 1.82) is 0 Å². The van der Waals surface area contributed by atoms with Gasteiger partial charge >= 0.3 is 0 Å². The lowest BCUT2D eigenvalue weighted by molar-refractivity contribution is -0.127. The maximum atomic E-state index is 12.9. The summed E-state index contributed by atoms with van der Waals surface area (Å²) in [6.07, 6.45) is 6.29. The van der Waals surface area contributed by atoms with Crippen LogP contribution in [0.2, 0.25) is 5.02 Å².